The van der Waals surface area contributed by atoms with E-state index in [0.717, 1.165) is 24.0 Å². The summed E-state index contributed by atoms with van der Waals surface area (Å²) in [5, 5.41) is 2.84. The molecule has 2 heterocycles. The fraction of sp³-hybridized carbons (Fsp3) is 0.350. The highest BCUT2D eigenvalue weighted by molar-refractivity contribution is 5.96. The molecule has 136 valence electrons. The van der Waals surface area contributed by atoms with Crippen LogP contribution in [-0.4, -0.2) is 34.5 Å². The van der Waals surface area contributed by atoms with Gasteiger partial charge in [0.2, 0.25) is 5.91 Å². The number of hydrogen-bond donors (Lipinski definition) is 1. The van der Waals surface area contributed by atoms with Gasteiger partial charge in [-0.3, -0.25) is 9.69 Å². The highest BCUT2D eigenvalue weighted by Gasteiger charge is 2.33. The lowest BCUT2D eigenvalue weighted by atomic mass is 10.0. The SMILES string of the molecule is Cc1cccnc1NC(=O)C1CCCCN1C(=O)OCc1ccccc1. The summed E-state index contributed by atoms with van der Waals surface area (Å²) in [6.07, 6.45) is 3.58. The van der Waals surface area contributed by atoms with E-state index in [1.807, 2.05) is 49.4 Å². The first-order valence-corrected chi connectivity index (χ1v) is 8.85. The van der Waals surface area contributed by atoms with Crippen LogP contribution >= 0.6 is 0 Å². The number of aromatic nitrogens is 1. The van der Waals surface area contributed by atoms with Gasteiger partial charge in [-0.2, -0.15) is 0 Å². The van der Waals surface area contributed by atoms with Crippen LogP contribution in [-0.2, 0) is 16.1 Å². The van der Waals surface area contributed by atoms with E-state index in [2.05, 4.69) is 10.3 Å². The number of amides is 2. The minimum atomic E-state index is -0.534. The number of likely N-dealkylation sites (tertiary alicyclic amines) is 1. The molecule has 1 saturated heterocycles. The molecule has 0 aliphatic carbocycles. The lowest BCUT2D eigenvalue weighted by Gasteiger charge is -2.33. The number of rotatable bonds is 4. The highest BCUT2D eigenvalue weighted by atomic mass is 16.6. The second kappa shape index (κ2) is 8.47. The first kappa shape index (κ1) is 17.9. The van der Waals surface area contributed by atoms with Crippen molar-refractivity contribution < 1.29 is 14.3 Å². The van der Waals surface area contributed by atoms with E-state index in [0.29, 0.717) is 18.8 Å². The number of carbonyl (C=O) groups excluding carboxylic acids is 2. The molecule has 3 rings (SSSR count). The Kier molecular flexibility index (Phi) is 5.84. The van der Waals surface area contributed by atoms with Crippen molar-refractivity contribution >= 4 is 17.8 Å². The fourth-order valence-electron chi connectivity index (χ4n) is 3.04. The topological polar surface area (TPSA) is 71.5 Å². The molecule has 1 aliphatic rings. The highest BCUT2D eigenvalue weighted by Crippen LogP contribution is 2.20. The molecule has 0 bridgehead atoms. The lowest BCUT2D eigenvalue weighted by molar-refractivity contribution is -0.122. The number of ether oxygens (including phenoxy) is 1. The third-order valence-corrected chi connectivity index (χ3v) is 4.50. The number of piperidine rings is 1. The summed E-state index contributed by atoms with van der Waals surface area (Å²) in [6.45, 7) is 2.60. The summed E-state index contributed by atoms with van der Waals surface area (Å²) in [4.78, 5) is 30.9. The Hall–Kier alpha value is -2.89. The minimum Gasteiger partial charge on any atom is -0.445 e. The van der Waals surface area contributed by atoms with Gasteiger partial charge >= 0.3 is 6.09 Å². The lowest BCUT2D eigenvalue weighted by Crippen LogP contribution is -2.50. The average Bonchev–Trinajstić information content (AvgIpc) is 2.68. The number of aryl methyl sites for hydroxylation is 1. The molecule has 1 aromatic heterocycles. The van der Waals surface area contributed by atoms with E-state index >= 15 is 0 Å². The van der Waals surface area contributed by atoms with Crippen LogP contribution in [0, 0.1) is 6.92 Å². The fourth-order valence-corrected chi connectivity index (χ4v) is 3.04. The second-order valence-electron chi connectivity index (χ2n) is 6.40. The van der Waals surface area contributed by atoms with E-state index in [-0.39, 0.29) is 12.5 Å². The van der Waals surface area contributed by atoms with E-state index in [1.54, 1.807) is 6.20 Å². The van der Waals surface area contributed by atoms with Gasteiger partial charge in [0.1, 0.15) is 18.5 Å². The van der Waals surface area contributed by atoms with E-state index < -0.39 is 12.1 Å². The molecule has 1 aliphatic heterocycles. The van der Waals surface area contributed by atoms with Gasteiger partial charge < -0.3 is 10.1 Å². The van der Waals surface area contributed by atoms with Crippen molar-refractivity contribution in [3.63, 3.8) is 0 Å². The maximum Gasteiger partial charge on any atom is 0.410 e. The molecule has 6 nitrogen and oxygen atoms in total. The molecule has 1 unspecified atom stereocenters. The van der Waals surface area contributed by atoms with Crippen molar-refractivity contribution in [1.29, 1.82) is 0 Å². The maximum absolute atomic E-state index is 12.7. The van der Waals surface area contributed by atoms with Gasteiger partial charge in [0.05, 0.1) is 0 Å². The first-order chi connectivity index (χ1) is 12.6. The molecule has 1 fully saturated rings. The standard InChI is InChI=1S/C20H23N3O3/c1-15-8-7-12-21-18(15)22-19(24)17-11-5-6-13-23(17)20(25)26-14-16-9-3-2-4-10-16/h2-4,7-10,12,17H,5-6,11,13-14H2,1H3,(H,21,22,24). The van der Waals surface area contributed by atoms with Crippen molar-refractivity contribution in [1.82, 2.24) is 9.88 Å². The number of hydrogen-bond acceptors (Lipinski definition) is 4. The number of carbonyl (C=O) groups is 2. The zero-order valence-electron chi connectivity index (χ0n) is 14.9. The average molecular weight is 353 g/mol. The van der Waals surface area contributed by atoms with Crippen LogP contribution in [0.3, 0.4) is 0 Å². The second-order valence-corrected chi connectivity index (χ2v) is 6.40. The van der Waals surface area contributed by atoms with Gasteiger partial charge in [0.15, 0.2) is 0 Å². The van der Waals surface area contributed by atoms with Crippen LogP contribution in [0.25, 0.3) is 0 Å². The van der Waals surface area contributed by atoms with Crippen molar-refractivity contribution in [3.05, 3.63) is 59.8 Å². The van der Waals surface area contributed by atoms with E-state index in [4.69, 9.17) is 4.74 Å². The Morgan fingerprint density at radius 1 is 1.19 bits per heavy atom. The van der Waals surface area contributed by atoms with Gasteiger partial charge in [-0.15, -0.1) is 0 Å². The molecule has 26 heavy (non-hydrogen) atoms. The molecule has 0 spiro atoms. The smallest absolute Gasteiger partial charge is 0.410 e. The predicted molar refractivity (Wildman–Crippen MR) is 98.6 cm³/mol. The quantitative estimate of drug-likeness (QED) is 0.913. The van der Waals surface area contributed by atoms with E-state index in [1.165, 1.54) is 4.90 Å². The van der Waals surface area contributed by atoms with Crippen molar-refractivity contribution in [2.24, 2.45) is 0 Å². The van der Waals surface area contributed by atoms with Crippen LogP contribution in [0.5, 0.6) is 0 Å². The third-order valence-electron chi connectivity index (χ3n) is 4.50. The van der Waals surface area contributed by atoms with Gasteiger partial charge in [-0.25, -0.2) is 9.78 Å². The third kappa shape index (κ3) is 4.39. The van der Waals surface area contributed by atoms with Crippen LogP contribution in [0.4, 0.5) is 10.6 Å². The molecule has 6 heteroatoms. The van der Waals surface area contributed by atoms with Crippen molar-refractivity contribution in [2.45, 2.75) is 38.8 Å². The molecular formula is C20H23N3O3. The molecule has 0 saturated carbocycles. The number of nitrogens with zero attached hydrogens (tertiary/aromatic N) is 2. The molecule has 2 aromatic rings. The van der Waals surface area contributed by atoms with Crippen LogP contribution in [0.15, 0.2) is 48.7 Å². The Balaban J connectivity index is 1.64. The molecule has 1 atom stereocenters. The van der Waals surface area contributed by atoms with Crippen LogP contribution in [0.1, 0.15) is 30.4 Å². The van der Waals surface area contributed by atoms with Crippen molar-refractivity contribution in [2.75, 3.05) is 11.9 Å². The summed E-state index contributed by atoms with van der Waals surface area (Å²) in [7, 11) is 0. The summed E-state index contributed by atoms with van der Waals surface area (Å²) in [5.41, 5.74) is 1.80. The zero-order chi connectivity index (χ0) is 18.4. The number of nitrogens with one attached hydrogen (secondary N) is 1. The van der Waals surface area contributed by atoms with Crippen LogP contribution in [0.2, 0.25) is 0 Å². The zero-order valence-corrected chi connectivity index (χ0v) is 14.9. The largest absolute Gasteiger partial charge is 0.445 e. The van der Waals surface area contributed by atoms with E-state index in [9.17, 15) is 9.59 Å². The number of benzene rings is 1. The molecule has 1 N–H and O–H groups in total. The Bertz CT molecular complexity index is 764. The van der Waals surface area contributed by atoms with Gasteiger partial charge in [0.25, 0.3) is 0 Å². The predicted octanol–water partition coefficient (Wildman–Crippen LogP) is 3.52. The van der Waals surface area contributed by atoms with Crippen molar-refractivity contribution in [3.8, 4) is 0 Å². The molecule has 1 aromatic carbocycles. The van der Waals surface area contributed by atoms with Gasteiger partial charge in [0, 0.05) is 12.7 Å². The van der Waals surface area contributed by atoms with Gasteiger partial charge in [-0.1, -0.05) is 36.4 Å². The minimum absolute atomic E-state index is 0.198. The normalized spacial score (nSPS) is 16.8. The van der Waals surface area contributed by atoms with Crippen LogP contribution < -0.4 is 5.32 Å². The molecule has 2 amide bonds. The number of pyridine rings is 1. The summed E-state index contributed by atoms with van der Waals surface area (Å²) >= 11 is 0. The van der Waals surface area contributed by atoms with Gasteiger partial charge in [-0.05, 0) is 43.4 Å². The number of anilines is 1. The Morgan fingerprint density at radius 3 is 2.77 bits per heavy atom. The molecular weight excluding hydrogens is 330 g/mol. The monoisotopic (exact) mass is 353 g/mol. The maximum atomic E-state index is 12.7. The Morgan fingerprint density at radius 2 is 2.00 bits per heavy atom. The summed E-state index contributed by atoms with van der Waals surface area (Å²) in [5.74, 6) is 0.309. The Labute approximate surface area is 153 Å². The summed E-state index contributed by atoms with van der Waals surface area (Å²) < 4.78 is 5.41. The molecule has 0 radical (unpaired) electrons. The summed E-state index contributed by atoms with van der Waals surface area (Å²) in [6, 6.07) is 12.7. The first-order valence-electron chi connectivity index (χ1n) is 8.85.